The van der Waals surface area contributed by atoms with Crippen molar-refractivity contribution in [1.82, 2.24) is 0 Å². The van der Waals surface area contributed by atoms with E-state index in [9.17, 15) is 5.11 Å². The van der Waals surface area contributed by atoms with Gasteiger partial charge in [-0.25, -0.2) is 0 Å². The molecule has 0 aliphatic carbocycles. The average Bonchev–Trinajstić information content (AvgIpc) is 1.86. The van der Waals surface area contributed by atoms with Gasteiger partial charge in [-0.3, -0.25) is 0 Å². The van der Waals surface area contributed by atoms with Crippen LogP contribution in [0.3, 0.4) is 0 Å². The summed E-state index contributed by atoms with van der Waals surface area (Å²) in [5.41, 5.74) is -0.918. The van der Waals surface area contributed by atoms with Crippen molar-refractivity contribution in [1.29, 1.82) is 0 Å². The Morgan fingerprint density at radius 1 is 1.45 bits per heavy atom. The van der Waals surface area contributed by atoms with Gasteiger partial charge in [0.2, 0.25) is 3.79 Å². The van der Waals surface area contributed by atoms with E-state index in [4.69, 9.17) is 34.8 Å². The first kappa shape index (κ1) is 12.2. The van der Waals surface area contributed by atoms with E-state index in [-0.39, 0.29) is 0 Å². The second-order valence-electron chi connectivity index (χ2n) is 2.12. The highest BCUT2D eigenvalue weighted by atomic mass is 35.6. The van der Waals surface area contributed by atoms with Gasteiger partial charge in [0, 0.05) is 0 Å². The minimum atomic E-state index is -1.56. The van der Waals surface area contributed by atoms with Gasteiger partial charge in [-0.2, -0.15) is 0 Å². The van der Waals surface area contributed by atoms with Crippen molar-refractivity contribution < 1.29 is 5.11 Å². The van der Waals surface area contributed by atoms with Crippen LogP contribution in [0.15, 0.2) is 0 Å². The molecule has 0 aromatic rings. The predicted octanol–water partition coefficient (Wildman–Crippen LogP) is 3.21. The molecule has 0 aromatic heterocycles. The number of alkyl halides is 3. The van der Waals surface area contributed by atoms with Crippen LogP contribution in [-0.4, -0.2) is 20.1 Å². The third-order valence-electron chi connectivity index (χ3n) is 1.05. The lowest BCUT2D eigenvalue weighted by Crippen LogP contribution is -2.21. The van der Waals surface area contributed by atoms with E-state index < -0.39 is 9.23 Å². The lowest BCUT2D eigenvalue weighted by Gasteiger charge is -2.17. The molecule has 1 unspecified atom stereocenters. The summed E-state index contributed by atoms with van der Waals surface area (Å²) < 4.78 is -1.56. The molecular formula is C6H11Cl3OS. The Bertz CT molecular complexity index is 104. The Morgan fingerprint density at radius 2 is 2.00 bits per heavy atom. The molecule has 0 heterocycles. The summed E-state index contributed by atoms with van der Waals surface area (Å²) in [6, 6.07) is 0. The van der Waals surface area contributed by atoms with E-state index in [0.717, 1.165) is 18.6 Å². The maximum atomic E-state index is 9.18. The molecule has 1 atom stereocenters. The number of aliphatic hydroxyl groups is 1. The fourth-order valence-electron chi connectivity index (χ4n) is 0.434. The molecule has 0 spiro atoms. The number of hydrogen-bond donors (Lipinski definition) is 1. The Labute approximate surface area is 86.4 Å². The molecule has 0 rings (SSSR count). The van der Waals surface area contributed by atoms with Crippen LogP contribution in [0.1, 0.15) is 19.8 Å². The molecule has 5 heteroatoms. The van der Waals surface area contributed by atoms with Crippen LogP contribution in [0.25, 0.3) is 0 Å². The van der Waals surface area contributed by atoms with Gasteiger partial charge >= 0.3 is 0 Å². The standard InChI is InChI=1S/C6H11Cl3OS/c1-2-3-4-11-5(10)6(7,8)9/h5,10H,2-4H2,1H3. The summed E-state index contributed by atoms with van der Waals surface area (Å²) in [7, 11) is 0. The highest BCUT2D eigenvalue weighted by molar-refractivity contribution is 8.00. The van der Waals surface area contributed by atoms with Gasteiger partial charge < -0.3 is 5.11 Å². The van der Waals surface area contributed by atoms with E-state index in [1.807, 2.05) is 0 Å². The normalized spacial score (nSPS) is 15.0. The van der Waals surface area contributed by atoms with Gasteiger partial charge in [-0.15, -0.1) is 11.8 Å². The smallest absolute Gasteiger partial charge is 0.225 e. The first-order valence-corrected chi connectivity index (χ1v) is 5.53. The van der Waals surface area contributed by atoms with E-state index in [1.165, 1.54) is 11.8 Å². The van der Waals surface area contributed by atoms with Crippen molar-refractivity contribution >= 4 is 46.6 Å². The van der Waals surface area contributed by atoms with Crippen molar-refractivity contribution in [3.63, 3.8) is 0 Å². The van der Waals surface area contributed by atoms with Crippen molar-refractivity contribution in [3.8, 4) is 0 Å². The first-order chi connectivity index (χ1) is 4.98. The molecule has 0 saturated carbocycles. The minimum absolute atomic E-state index is 0.825. The molecule has 1 nitrogen and oxygen atoms in total. The number of aliphatic hydroxyl groups excluding tert-OH is 1. The van der Waals surface area contributed by atoms with Gasteiger partial charge in [0.05, 0.1) is 0 Å². The van der Waals surface area contributed by atoms with Crippen LogP contribution in [0.4, 0.5) is 0 Å². The summed E-state index contributed by atoms with van der Waals surface area (Å²) in [5, 5.41) is 9.18. The van der Waals surface area contributed by atoms with E-state index in [1.54, 1.807) is 0 Å². The molecule has 1 N–H and O–H groups in total. The molecule has 0 aromatic carbocycles. The largest absolute Gasteiger partial charge is 0.378 e. The fraction of sp³-hybridized carbons (Fsp3) is 1.00. The predicted molar refractivity (Wildman–Crippen MR) is 53.7 cm³/mol. The van der Waals surface area contributed by atoms with Crippen LogP contribution < -0.4 is 0 Å². The van der Waals surface area contributed by atoms with Crippen molar-refractivity contribution in [2.45, 2.75) is 29.0 Å². The van der Waals surface area contributed by atoms with E-state index >= 15 is 0 Å². The number of thioether (sulfide) groups is 1. The quantitative estimate of drug-likeness (QED) is 0.460. The van der Waals surface area contributed by atoms with Gasteiger partial charge in [-0.05, 0) is 12.2 Å². The zero-order valence-electron chi connectivity index (χ0n) is 6.19. The van der Waals surface area contributed by atoms with Gasteiger partial charge in [0.15, 0.2) is 0 Å². The van der Waals surface area contributed by atoms with E-state index in [0.29, 0.717) is 0 Å². The Kier molecular flexibility index (Phi) is 6.38. The third kappa shape index (κ3) is 6.35. The maximum Gasteiger partial charge on any atom is 0.225 e. The minimum Gasteiger partial charge on any atom is -0.378 e. The number of halogens is 3. The molecule has 0 amide bonds. The summed E-state index contributed by atoms with van der Waals surface area (Å²) in [5.74, 6) is 0.825. The second kappa shape index (κ2) is 5.76. The SMILES string of the molecule is CCCCSC(O)C(Cl)(Cl)Cl. The van der Waals surface area contributed by atoms with Crippen LogP contribution in [-0.2, 0) is 0 Å². The second-order valence-corrected chi connectivity index (χ2v) is 5.68. The van der Waals surface area contributed by atoms with E-state index in [2.05, 4.69) is 6.92 Å². The number of unbranched alkanes of at least 4 members (excludes halogenated alkanes) is 1. The molecule has 11 heavy (non-hydrogen) atoms. The summed E-state index contributed by atoms with van der Waals surface area (Å²) in [6.45, 7) is 2.07. The zero-order valence-corrected chi connectivity index (χ0v) is 9.27. The van der Waals surface area contributed by atoms with Crippen molar-refractivity contribution in [2.75, 3.05) is 5.75 Å². The maximum absolute atomic E-state index is 9.18. The summed E-state index contributed by atoms with van der Waals surface area (Å²) in [4.78, 5) is 0. The molecule has 0 radical (unpaired) electrons. The van der Waals surface area contributed by atoms with Crippen LogP contribution in [0, 0.1) is 0 Å². The zero-order chi connectivity index (χ0) is 8.91. The Balaban J connectivity index is 3.44. The number of hydrogen-bond acceptors (Lipinski definition) is 2. The van der Waals surface area contributed by atoms with Gasteiger partial charge in [0.1, 0.15) is 5.44 Å². The molecule has 0 saturated heterocycles. The van der Waals surface area contributed by atoms with Gasteiger partial charge in [-0.1, -0.05) is 48.1 Å². The monoisotopic (exact) mass is 236 g/mol. The molecule has 0 aliphatic heterocycles. The molecule has 68 valence electrons. The first-order valence-electron chi connectivity index (χ1n) is 3.35. The third-order valence-corrected chi connectivity index (χ3v) is 3.26. The fourth-order valence-corrected chi connectivity index (χ4v) is 1.87. The van der Waals surface area contributed by atoms with Crippen molar-refractivity contribution in [2.24, 2.45) is 0 Å². The van der Waals surface area contributed by atoms with Crippen LogP contribution >= 0.6 is 46.6 Å². The van der Waals surface area contributed by atoms with Gasteiger partial charge in [0.25, 0.3) is 0 Å². The molecule has 0 fully saturated rings. The topological polar surface area (TPSA) is 20.2 Å². The summed E-state index contributed by atoms with van der Waals surface area (Å²) >= 11 is 17.5. The summed E-state index contributed by atoms with van der Waals surface area (Å²) in [6.07, 6.45) is 2.11. The Hall–Kier alpha value is 1.18. The highest BCUT2D eigenvalue weighted by Crippen LogP contribution is 2.36. The van der Waals surface area contributed by atoms with Crippen molar-refractivity contribution in [3.05, 3.63) is 0 Å². The number of rotatable bonds is 4. The molecular weight excluding hydrogens is 226 g/mol. The highest BCUT2D eigenvalue weighted by Gasteiger charge is 2.30. The Morgan fingerprint density at radius 3 is 2.36 bits per heavy atom. The molecule has 0 aliphatic rings. The lowest BCUT2D eigenvalue weighted by atomic mass is 10.4. The average molecular weight is 238 g/mol. The van der Waals surface area contributed by atoms with Crippen LogP contribution in [0.5, 0.6) is 0 Å². The molecule has 0 bridgehead atoms. The van der Waals surface area contributed by atoms with Crippen LogP contribution in [0.2, 0.25) is 0 Å². The lowest BCUT2D eigenvalue weighted by molar-refractivity contribution is 0.268.